The molecule has 4 aliphatic rings. The Hall–Kier alpha value is -2.35. The van der Waals surface area contributed by atoms with E-state index < -0.39 is 29.3 Å². The number of halogens is 3. The summed E-state index contributed by atoms with van der Waals surface area (Å²) in [6.45, 7) is 3.57. The molecule has 0 radical (unpaired) electrons. The summed E-state index contributed by atoms with van der Waals surface area (Å²) in [6, 6.07) is 1.20. The van der Waals surface area contributed by atoms with Crippen molar-refractivity contribution >= 4 is 11.8 Å². The maximum absolute atomic E-state index is 14.0. The SMILES string of the molecule is O=C(NCCCCN1CCCC1)[C@@H]1C2C=CC([C@H]1C(=O)NCc1c(F)cc(F)cc1F)C21CC1. The number of allylic oxidation sites excluding steroid dienone is 2. The second-order valence-corrected chi connectivity index (χ2v) is 10.3. The van der Waals surface area contributed by atoms with Crippen molar-refractivity contribution in [1.82, 2.24) is 15.5 Å². The number of carbonyl (C=O) groups excluding carboxylic acids is 2. The molecule has 8 heteroatoms. The Labute approximate surface area is 198 Å². The van der Waals surface area contributed by atoms with Crippen LogP contribution < -0.4 is 10.6 Å². The van der Waals surface area contributed by atoms with Gasteiger partial charge in [-0.2, -0.15) is 0 Å². The number of benzene rings is 1. The molecule has 5 rings (SSSR count). The number of nitrogens with one attached hydrogen (secondary N) is 2. The molecule has 1 saturated heterocycles. The van der Waals surface area contributed by atoms with Crippen LogP contribution in [-0.4, -0.2) is 42.9 Å². The van der Waals surface area contributed by atoms with Gasteiger partial charge in [0.1, 0.15) is 17.5 Å². The van der Waals surface area contributed by atoms with Gasteiger partial charge in [0.15, 0.2) is 0 Å². The molecule has 2 bridgehead atoms. The molecule has 3 aliphatic carbocycles. The van der Waals surface area contributed by atoms with E-state index in [2.05, 4.69) is 21.6 Å². The van der Waals surface area contributed by atoms with Gasteiger partial charge in [0.05, 0.1) is 11.8 Å². The average Bonchev–Trinajstić information content (AvgIpc) is 3.15. The summed E-state index contributed by atoms with van der Waals surface area (Å²) in [6.07, 6.45) is 10.5. The van der Waals surface area contributed by atoms with Crippen molar-refractivity contribution in [3.63, 3.8) is 0 Å². The highest BCUT2D eigenvalue weighted by molar-refractivity contribution is 5.90. The lowest BCUT2D eigenvalue weighted by Crippen LogP contribution is -2.44. The van der Waals surface area contributed by atoms with Gasteiger partial charge in [-0.15, -0.1) is 0 Å². The highest BCUT2D eigenvalue weighted by Crippen LogP contribution is 2.72. The van der Waals surface area contributed by atoms with Crippen LogP contribution in [0.1, 0.15) is 44.1 Å². The van der Waals surface area contributed by atoms with Crippen molar-refractivity contribution in [1.29, 1.82) is 0 Å². The summed E-state index contributed by atoms with van der Waals surface area (Å²) in [5, 5.41) is 5.67. The number of amides is 2. The smallest absolute Gasteiger partial charge is 0.224 e. The van der Waals surface area contributed by atoms with Crippen molar-refractivity contribution in [2.45, 2.75) is 45.1 Å². The highest BCUT2D eigenvalue weighted by Gasteiger charge is 2.69. The fourth-order valence-corrected chi connectivity index (χ4v) is 6.54. The van der Waals surface area contributed by atoms with Crippen molar-refractivity contribution in [3.05, 3.63) is 47.3 Å². The van der Waals surface area contributed by atoms with Crippen LogP contribution in [0.3, 0.4) is 0 Å². The van der Waals surface area contributed by atoms with Crippen LogP contribution in [0.5, 0.6) is 0 Å². The Morgan fingerprint density at radius 1 is 0.912 bits per heavy atom. The Morgan fingerprint density at radius 3 is 2.09 bits per heavy atom. The van der Waals surface area contributed by atoms with Crippen LogP contribution >= 0.6 is 0 Å². The van der Waals surface area contributed by atoms with Crippen LogP contribution in [0.2, 0.25) is 0 Å². The number of likely N-dealkylation sites (tertiary alicyclic amines) is 1. The lowest BCUT2D eigenvalue weighted by atomic mass is 9.81. The van der Waals surface area contributed by atoms with E-state index in [9.17, 15) is 22.8 Å². The fourth-order valence-electron chi connectivity index (χ4n) is 6.54. The monoisotopic (exact) mass is 475 g/mol. The van der Waals surface area contributed by atoms with Gasteiger partial charge in [-0.05, 0) is 75.4 Å². The van der Waals surface area contributed by atoms with Gasteiger partial charge in [-0.1, -0.05) is 12.2 Å². The van der Waals surface area contributed by atoms with Gasteiger partial charge in [0.25, 0.3) is 0 Å². The summed E-state index contributed by atoms with van der Waals surface area (Å²) >= 11 is 0. The maximum Gasteiger partial charge on any atom is 0.224 e. The van der Waals surface area contributed by atoms with Gasteiger partial charge in [0.2, 0.25) is 11.8 Å². The second-order valence-electron chi connectivity index (χ2n) is 10.3. The van der Waals surface area contributed by atoms with Crippen molar-refractivity contribution in [2.75, 3.05) is 26.2 Å². The maximum atomic E-state index is 14.0. The normalized spacial score (nSPS) is 28.6. The fraction of sp³-hybridized carbons (Fsp3) is 0.615. The molecule has 1 aromatic carbocycles. The number of nitrogens with zero attached hydrogens (tertiary/aromatic N) is 1. The molecule has 184 valence electrons. The number of hydrogen-bond acceptors (Lipinski definition) is 3. The second kappa shape index (κ2) is 9.36. The lowest BCUT2D eigenvalue weighted by molar-refractivity contribution is -0.135. The van der Waals surface area contributed by atoms with E-state index in [0.29, 0.717) is 18.7 Å². The third kappa shape index (κ3) is 4.25. The van der Waals surface area contributed by atoms with Crippen LogP contribution in [0, 0.1) is 46.5 Å². The number of unbranched alkanes of at least 4 members (excludes halogenated alkanes) is 1. The minimum absolute atomic E-state index is 0.0217. The van der Waals surface area contributed by atoms with Gasteiger partial charge >= 0.3 is 0 Å². The quantitative estimate of drug-likeness (QED) is 0.424. The molecular formula is C26H32F3N3O2. The molecule has 2 amide bonds. The molecule has 1 spiro atoms. The van der Waals surface area contributed by atoms with E-state index in [-0.39, 0.29) is 41.2 Å². The topological polar surface area (TPSA) is 61.4 Å². The van der Waals surface area contributed by atoms with E-state index in [1.165, 1.54) is 12.8 Å². The summed E-state index contributed by atoms with van der Waals surface area (Å²) in [4.78, 5) is 28.9. The molecule has 1 heterocycles. The largest absolute Gasteiger partial charge is 0.356 e. The summed E-state index contributed by atoms with van der Waals surface area (Å²) in [7, 11) is 0. The molecule has 2 saturated carbocycles. The Bertz CT molecular complexity index is 964. The van der Waals surface area contributed by atoms with Crippen molar-refractivity contribution in [2.24, 2.45) is 29.1 Å². The van der Waals surface area contributed by atoms with Crippen molar-refractivity contribution < 1.29 is 22.8 Å². The van der Waals surface area contributed by atoms with E-state index in [4.69, 9.17) is 0 Å². The van der Waals surface area contributed by atoms with Crippen LogP contribution in [-0.2, 0) is 16.1 Å². The van der Waals surface area contributed by atoms with Crippen LogP contribution in [0.15, 0.2) is 24.3 Å². The Kier molecular flexibility index (Phi) is 6.44. The molecule has 4 atom stereocenters. The summed E-state index contributed by atoms with van der Waals surface area (Å²) < 4.78 is 41.2. The van der Waals surface area contributed by atoms with E-state index in [1.54, 1.807) is 0 Å². The summed E-state index contributed by atoms with van der Waals surface area (Å²) in [5.74, 6) is -4.60. The summed E-state index contributed by atoms with van der Waals surface area (Å²) in [5.41, 5.74) is -0.403. The molecule has 0 aromatic heterocycles. The zero-order chi connectivity index (χ0) is 23.9. The van der Waals surface area contributed by atoms with Crippen LogP contribution in [0.25, 0.3) is 0 Å². The molecule has 34 heavy (non-hydrogen) atoms. The Balaban J connectivity index is 1.20. The van der Waals surface area contributed by atoms with E-state index in [0.717, 1.165) is 45.3 Å². The van der Waals surface area contributed by atoms with E-state index >= 15 is 0 Å². The lowest BCUT2D eigenvalue weighted by Gasteiger charge is -2.26. The number of rotatable bonds is 9. The highest BCUT2D eigenvalue weighted by atomic mass is 19.1. The van der Waals surface area contributed by atoms with Crippen LogP contribution in [0.4, 0.5) is 13.2 Å². The number of carbonyl (C=O) groups is 2. The first-order valence-electron chi connectivity index (χ1n) is 12.5. The third-order valence-electron chi connectivity index (χ3n) is 8.39. The zero-order valence-corrected chi connectivity index (χ0v) is 19.3. The first-order chi connectivity index (χ1) is 16.4. The minimum atomic E-state index is -1.03. The van der Waals surface area contributed by atoms with E-state index in [1.807, 2.05) is 6.08 Å². The van der Waals surface area contributed by atoms with Gasteiger partial charge in [-0.3, -0.25) is 9.59 Å². The first-order valence-corrected chi connectivity index (χ1v) is 12.5. The predicted octanol–water partition coefficient (Wildman–Crippen LogP) is 3.54. The average molecular weight is 476 g/mol. The van der Waals surface area contributed by atoms with Gasteiger partial charge < -0.3 is 15.5 Å². The third-order valence-corrected chi connectivity index (χ3v) is 8.39. The first kappa shape index (κ1) is 23.4. The molecule has 3 fully saturated rings. The zero-order valence-electron chi connectivity index (χ0n) is 19.3. The molecule has 1 aromatic rings. The molecule has 2 N–H and O–H groups in total. The molecule has 5 nitrogen and oxygen atoms in total. The predicted molar refractivity (Wildman–Crippen MR) is 121 cm³/mol. The Morgan fingerprint density at radius 2 is 1.50 bits per heavy atom. The molecular weight excluding hydrogens is 443 g/mol. The number of hydrogen-bond donors (Lipinski definition) is 2. The van der Waals surface area contributed by atoms with Gasteiger partial charge in [-0.25, -0.2) is 13.2 Å². The van der Waals surface area contributed by atoms with Gasteiger partial charge in [0, 0.05) is 30.8 Å². The molecule has 2 unspecified atom stereocenters. The minimum Gasteiger partial charge on any atom is -0.356 e. The standard InChI is InChI=1S/C26H32F3N3O2/c27-16-13-20(28)17(21(29)14-16)15-31-25(34)23-19-6-5-18(26(19)7-8-26)22(23)24(33)30-9-1-2-10-32-11-3-4-12-32/h5-6,13-14,18-19,22-23H,1-4,7-12,15H2,(H,30,33)(H,31,34)/t18?,19?,22-,23-/m1/s1. The molecule has 1 aliphatic heterocycles. The van der Waals surface area contributed by atoms with Crippen molar-refractivity contribution in [3.8, 4) is 0 Å².